The van der Waals surface area contributed by atoms with E-state index < -0.39 is 0 Å². The molecule has 6 rings (SSSR count). The zero-order valence-corrected chi connectivity index (χ0v) is 13.5. The van der Waals surface area contributed by atoms with Crippen molar-refractivity contribution < 1.29 is 4.74 Å². The summed E-state index contributed by atoms with van der Waals surface area (Å²) >= 11 is 0. The summed E-state index contributed by atoms with van der Waals surface area (Å²) in [6.07, 6.45) is 3.81. The number of fused-ring (bicyclic) bond motifs is 4. The standard InChI is InChI=1S/C19H21N3O2/c23-18-14(4-3-9-20-18)19-22(15-5-1-2-6-17(15)24-19)16-12-21-10-7-13(16)8-11-21/h1-6,9,13,16,19H,7-8,10-12H2,(H,20,23)/t16?,19-/m0/s1. The van der Waals surface area contributed by atoms with E-state index >= 15 is 0 Å². The van der Waals surface area contributed by atoms with Crippen LogP contribution in [-0.4, -0.2) is 35.6 Å². The second-order valence-corrected chi connectivity index (χ2v) is 7.01. The van der Waals surface area contributed by atoms with E-state index in [0.29, 0.717) is 17.5 Å². The molecule has 1 unspecified atom stereocenters. The number of benzene rings is 1. The van der Waals surface area contributed by atoms with Crippen molar-refractivity contribution >= 4 is 5.69 Å². The minimum atomic E-state index is -0.335. The Hall–Kier alpha value is -2.27. The Balaban J connectivity index is 1.60. The molecule has 2 aromatic rings. The Morgan fingerprint density at radius 2 is 1.92 bits per heavy atom. The average Bonchev–Trinajstić information content (AvgIpc) is 3.02. The molecule has 0 amide bonds. The number of pyridine rings is 1. The molecule has 4 aliphatic heterocycles. The third-order valence-corrected chi connectivity index (χ3v) is 5.73. The quantitative estimate of drug-likeness (QED) is 0.922. The van der Waals surface area contributed by atoms with E-state index in [2.05, 4.69) is 20.9 Å². The van der Waals surface area contributed by atoms with Crippen molar-refractivity contribution in [3.8, 4) is 5.75 Å². The van der Waals surface area contributed by atoms with Crippen LogP contribution in [0.4, 0.5) is 5.69 Å². The van der Waals surface area contributed by atoms with Gasteiger partial charge >= 0.3 is 0 Å². The van der Waals surface area contributed by atoms with Gasteiger partial charge in [0.1, 0.15) is 5.75 Å². The van der Waals surface area contributed by atoms with Crippen LogP contribution in [0, 0.1) is 5.92 Å². The highest BCUT2D eigenvalue weighted by Crippen LogP contribution is 2.47. The van der Waals surface area contributed by atoms with Gasteiger partial charge in [0, 0.05) is 18.8 Å². The van der Waals surface area contributed by atoms with Crippen LogP contribution in [0.2, 0.25) is 0 Å². The fourth-order valence-corrected chi connectivity index (χ4v) is 4.52. The fourth-order valence-electron chi connectivity index (χ4n) is 4.52. The number of aromatic amines is 1. The molecule has 3 fully saturated rings. The first kappa shape index (κ1) is 14.1. The van der Waals surface area contributed by atoms with Gasteiger partial charge in [-0.05, 0) is 56.1 Å². The van der Waals surface area contributed by atoms with E-state index in [0.717, 1.165) is 18.0 Å². The van der Waals surface area contributed by atoms with Crippen LogP contribution < -0.4 is 15.2 Å². The summed E-state index contributed by atoms with van der Waals surface area (Å²) in [4.78, 5) is 20.1. The molecular formula is C19H21N3O2. The highest BCUT2D eigenvalue weighted by Gasteiger charge is 2.45. The van der Waals surface area contributed by atoms with Crippen LogP contribution in [0.15, 0.2) is 47.4 Å². The minimum Gasteiger partial charge on any atom is -0.464 e. The monoisotopic (exact) mass is 323 g/mol. The minimum absolute atomic E-state index is 0.0680. The number of piperidine rings is 3. The largest absolute Gasteiger partial charge is 0.464 e. The molecule has 2 atom stereocenters. The maximum absolute atomic E-state index is 12.4. The zero-order chi connectivity index (χ0) is 16.1. The molecule has 0 aliphatic carbocycles. The Morgan fingerprint density at radius 3 is 2.67 bits per heavy atom. The third-order valence-electron chi connectivity index (χ3n) is 5.73. The van der Waals surface area contributed by atoms with Gasteiger partial charge in [-0.15, -0.1) is 0 Å². The number of nitrogens with zero attached hydrogens (tertiary/aromatic N) is 2. The summed E-state index contributed by atoms with van der Waals surface area (Å²) in [5.41, 5.74) is 1.73. The second kappa shape index (κ2) is 5.38. The van der Waals surface area contributed by atoms with E-state index in [1.807, 2.05) is 30.3 Å². The molecule has 5 heterocycles. The van der Waals surface area contributed by atoms with Gasteiger partial charge in [-0.1, -0.05) is 12.1 Å². The summed E-state index contributed by atoms with van der Waals surface area (Å²) in [5.74, 6) is 1.55. The predicted octanol–water partition coefficient (Wildman–Crippen LogP) is 2.37. The lowest BCUT2D eigenvalue weighted by atomic mass is 9.82. The van der Waals surface area contributed by atoms with E-state index in [1.165, 1.54) is 25.9 Å². The van der Waals surface area contributed by atoms with Crippen LogP contribution in [-0.2, 0) is 0 Å². The molecule has 0 saturated carbocycles. The number of para-hydroxylation sites is 2. The van der Waals surface area contributed by atoms with Crippen molar-refractivity contribution in [2.75, 3.05) is 24.5 Å². The zero-order valence-electron chi connectivity index (χ0n) is 13.5. The fraction of sp³-hybridized carbons (Fsp3) is 0.421. The van der Waals surface area contributed by atoms with Gasteiger partial charge in [0.25, 0.3) is 5.56 Å². The average molecular weight is 323 g/mol. The topological polar surface area (TPSA) is 48.6 Å². The van der Waals surface area contributed by atoms with Crippen LogP contribution in [0.5, 0.6) is 5.75 Å². The molecule has 5 heteroatoms. The van der Waals surface area contributed by atoms with Crippen molar-refractivity contribution in [2.45, 2.75) is 25.1 Å². The summed E-state index contributed by atoms with van der Waals surface area (Å²) < 4.78 is 6.23. The molecule has 4 aliphatic rings. The lowest BCUT2D eigenvalue weighted by molar-refractivity contribution is 0.0698. The first-order valence-corrected chi connectivity index (χ1v) is 8.75. The molecule has 2 bridgehead atoms. The van der Waals surface area contributed by atoms with E-state index in [-0.39, 0.29) is 11.8 Å². The Kier molecular flexibility index (Phi) is 3.16. The lowest BCUT2D eigenvalue weighted by Crippen LogP contribution is -2.58. The van der Waals surface area contributed by atoms with Crippen LogP contribution in [0.25, 0.3) is 0 Å². The molecule has 124 valence electrons. The molecule has 3 saturated heterocycles. The Labute approximate surface area is 140 Å². The van der Waals surface area contributed by atoms with Crippen molar-refractivity contribution in [2.24, 2.45) is 5.92 Å². The number of rotatable bonds is 2. The van der Waals surface area contributed by atoms with Gasteiger partial charge < -0.3 is 19.5 Å². The maximum Gasteiger partial charge on any atom is 0.256 e. The van der Waals surface area contributed by atoms with Crippen molar-refractivity contribution in [3.05, 3.63) is 58.5 Å². The second-order valence-electron chi connectivity index (χ2n) is 7.01. The lowest BCUT2D eigenvalue weighted by Gasteiger charge is -2.49. The number of anilines is 1. The van der Waals surface area contributed by atoms with Gasteiger partial charge in [-0.3, -0.25) is 4.79 Å². The molecule has 1 N–H and O–H groups in total. The maximum atomic E-state index is 12.4. The summed E-state index contributed by atoms with van der Waals surface area (Å²) in [7, 11) is 0. The highest BCUT2D eigenvalue weighted by atomic mass is 16.5. The first-order valence-electron chi connectivity index (χ1n) is 8.75. The normalized spacial score (nSPS) is 30.9. The molecule has 0 radical (unpaired) electrons. The number of hydrogen-bond acceptors (Lipinski definition) is 4. The Bertz CT molecular complexity index is 810. The van der Waals surface area contributed by atoms with Gasteiger partial charge in [-0.25, -0.2) is 0 Å². The number of nitrogens with one attached hydrogen (secondary N) is 1. The molecule has 24 heavy (non-hydrogen) atoms. The predicted molar refractivity (Wildman–Crippen MR) is 92.3 cm³/mol. The van der Waals surface area contributed by atoms with E-state index in [1.54, 1.807) is 6.20 Å². The molecule has 1 aromatic heterocycles. The Morgan fingerprint density at radius 1 is 1.08 bits per heavy atom. The number of hydrogen-bond donors (Lipinski definition) is 1. The van der Waals surface area contributed by atoms with E-state index in [9.17, 15) is 4.79 Å². The third kappa shape index (κ3) is 2.08. The molecule has 0 spiro atoms. The summed E-state index contributed by atoms with van der Waals surface area (Å²) in [6.45, 7) is 3.46. The van der Waals surface area contributed by atoms with Crippen LogP contribution in [0.3, 0.4) is 0 Å². The van der Waals surface area contributed by atoms with Crippen molar-refractivity contribution in [1.82, 2.24) is 9.88 Å². The number of aromatic nitrogens is 1. The van der Waals surface area contributed by atoms with Gasteiger partial charge in [0.05, 0.1) is 11.3 Å². The number of H-pyrrole nitrogens is 1. The molecular weight excluding hydrogens is 302 g/mol. The smallest absolute Gasteiger partial charge is 0.256 e. The SMILES string of the molecule is O=c1[nH]cccc1[C@@H]1Oc2ccccc2N1C1CN2CCC1CC2. The van der Waals surface area contributed by atoms with Gasteiger partial charge in [0.2, 0.25) is 6.23 Å². The number of ether oxygens (including phenoxy) is 1. The van der Waals surface area contributed by atoms with Crippen molar-refractivity contribution in [3.63, 3.8) is 0 Å². The summed E-state index contributed by atoms with van der Waals surface area (Å²) in [5, 5.41) is 0. The highest BCUT2D eigenvalue weighted by molar-refractivity contribution is 5.64. The van der Waals surface area contributed by atoms with Crippen LogP contribution >= 0.6 is 0 Å². The van der Waals surface area contributed by atoms with Gasteiger partial charge in [0.15, 0.2) is 0 Å². The van der Waals surface area contributed by atoms with Gasteiger partial charge in [-0.2, -0.15) is 0 Å². The van der Waals surface area contributed by atoms with Crippen molar-refractivity contribution in [1.29, 1.82) is 0 Å². The van der Waals surface area contributed by atoms with Crippen LogP contribution in [0.1, 0.15) is 24.6 Å². The molecule has 5 nitrogen and oxygen atoms in total. The first-order chi connectivity index (χ1) is 11.8. The summed E-state index contributed by atoms with van der Waals surface area (Å²) in [6, 6.07) is 12.3. The molecule has 1 aromatic carbocycles. The van der Waals surface area contributed by atoms with E-state index in [4.69, 9.17) is 4.74 Å².